The van der Waals surface area contributed by atoms with Crippen molar-refractivity contribution in [2.75, 3.05) is 20.2 Å². The molecule has 1 aromatic carbocycles. The topological polar surface area (TPSA) is 84.2 Å². The van der Waals surface area contributed by atoms with Gasteiger partial charge < -0.3 is 19.1 Å². The second-order valence-corrected chi connectivity index (χ2v) is 6.93. The summed E-state index contributed by atoms with van der Waals surface area (Å²) in [6, 6.07) is 5.61. The van der Waals surface area contributed by atoms with Crippen LogP contribution >= 0.6 is 0 Å². The van der Waals surface area contributed by atoms with E-state index in [9.17, 15) is 4.79 Å². The second kappa shape index (κ2) is 7.55. The molecule has 1 heterocycles. The molecule has 0 bridgehead atoms. The Morgan fingerprint density at radius 3 is 2.64 bits per heavy atom. The number of aliphatic imine (C=N–C) groups is 1. The van der Waals surface area contributed by atoms with Gasteiger partial charge in [-0.05, 0) is 39.3 Å². The molecular weight excluding hydrogens is 322 g/mol. The standard InChI is InChI=1S/C18H25N3O4/c1-12-7-6-8-14(15(12)23-5)20-11-24-16(19)13-9-21(10-13)17(22)25-18(2,3)4/h6-8,11,13,19H,9-10H2,1-5H3. The van der Waals surface area contributed by atoms with Crippen molar-refractivity contribution in [3.63, 3.8) is 0 Å². The molecule has 1 fully saturated rings. The number of hydrogen-bond donors (Lipinski definition) is 1. The number of amides is 1. The zero-order valence-corrected chi connectivity index (χ0v) is 15.3. The van der Waals surface area contributed by atoms with E-state index in [2.05, 4.69) is 4.99 Å². The van der Waals surface area contributed by atoms with Crippen LogP contribution in [0.1, 0.15) is 26.3 Å². The second-order valence-electron chi connectivity index (χ2n) is 6.93. The first-order valence-electron chi connectivity index (χ1n) is 8.10. The number of hydrogen-bond acceptors (Lipinski definition) is 6. The Bertz CT molecular complexity index is 673. The Morgan fingerprint density at radius 2 is 2.04 bits per heavy atom. The number of para-hydroxylation sites is 1. The summed E-state index contributed by atoms with van der Waals surface area (Å²) in [5, 5.41) is 7.94. The molecule has 0 spiro atoms. The Morgan fingerprint density at radius 1 is 1.36 bits per heavy atom. The van der Waals surface area contributed by atoms with E-state index < -0.39 is 5.60 Å². The minimum absolute atomic E-state index is 0.0789. The molecule has 1 saturated heterocycles. The smallest absolute Gasteiger partial charge is 0.410 e. The molecule has 0 atom stereocenters. The third-order valence-electron chi connectivity index (χ3n) is 3.67. The molecule has 136 valence electrons. The van der Waals surface area contributed by atoms with Crippen LogP contribution in [0.3, 0.4) is 0 Å². The molecule has 25 heavy (non-hydrogen) atoms. The lowest BCUT2D eigenvalue weighted by molar-refractivity contribution is 0.00557. The molecule has 7 heteroatoms. The number of carbonyl (C=O) groups excluding carboxylic acids is 1. The predicted octanol–water partition coefficient (Wildman–Crippen LogP) is 3.52. The Kier molecular flexibility index (Phi) is 5.66. The molecule has 0 saturated carbocycles. The van der Waals surface area contributed by atoms with Crippen LogP contribution in [0, 0.1) is 18.3 Å². The van der Waals surface area contributed by atoms with Crippen molar-refractivity contribution in [2.45, 2.75) is 33.3 Å². The fourth-order valence-corrected chi connectivity index (χ4v) is 2.36. The Hall–Kier alpha value is -2.57. The highest BCUT2D eigenvalue weighted by Crippen LogP contribution is 2.30. The maximum Gasteiger partial charge on any atom is 0.410 e. The van der Waals surface area contributed by atoms with Crippen molar-refractivity contribution in [3.05, 3.63) is 23.8 Å². The van der Waals surface area contributed by atoms with E-state index >= 15 is 0 Å². The summed E-state index contributed by atoms with van der Waals surface area (Å²) in [6.45, 7) is 8.22. The lowest BCUT2D eigenvalue weighted by Gasteiger charge is -2.38. The van der Waals surface area contributed by atoms with E-state index in [1.807, 2.05) is 45.9 Å². The average Bonchev–Trinajstić information content (AvgIpc) is 2.44. The van der Waals surface area contributed by atoms with Gasteiger partial charge in [0, 0.05) is 13.1 Å². The van der Waals surface area contributed by atoms with E-state index in [1.165, 1.54) is 6.40 Å². The number of ether oxygens (including phenoxy) is 3. The molecule has 0 aliphatic carbocycles. The molecule has 1 N–H and O–H groups in total. The number of rotatable bonds is 4. The van der Waals surface area contributed by atoms with Crippen LogP contribution in [-0.2, 0) is 9.47 Å². The van der Waals surface area contributed by atoms with Gasteiger partial charge in [-0.3, -0.25) is 5.41 Å². The fraction of sp³-hybridized carbons (Fsp3) is 0.500. The summed E-state index contributed by atoms with van der Waals surface area (Å²) in [6.07, 6.45) is 0.866. The Labute approximate surface area is 148 Å². The predicted molar refractivity (Wildman–Crippen MR) is 96.0 cm³/mol. The zero-order chi connectivity index (χ0) is 18.6. The van der Waals surface area contributed by atoms with Gasteiger partial charge in [0.15, 0.2) is 12.3 Å². The number of nitrogens with one attached hydrogen (secondary N) is 1. The van der Waals surface area contributed by atoms with Crippen LogP contribution in [-0.4, -0.2) is 49.1 Å². The van der Waals surface area contributed by atoms with Gasteiger partial charge in [0.1, 0.15) is 17.0 Å². The molecule has 1 aliphatic rings. The van der Waals surface area contributed by atoms with Crippen molar-refractivity contribution in [1.29, 1.82) is 5.41 Å². The van der Waals surface area contributed by atoms with Crippen molar-refractivity contribution >= 4 is 24.1 Å². The van der Waals surface area contributed by atoms with E-state index in [1.54, 1.807) is 12.0 Å². The van der Waals surface area contributed by atoms with Gasteiger partial charge in [-0.2, -0.15) is 0 Å². The van der Waals surface area contributed by atoms with Gasteiger partial charge in [-0.25, -0.2) is 9.79 Å². The summed E-state index contributed by atoms with van der Waals surface area (Å²) in [5.41, 5.74) is 1.09. The highest BCUT2D eigenvalue weighted by Gasteiger charge is 2.37. The van der Waals surface area contributed by atoms with Gasteiger partial charge in [-0.1, -0.05) is 12.1 Å². The summed E-state index contributed by atoms with van der Waals surface area (Å²) in [5.74, 6) is 0.613. The van der Waals surface area contributed by atoms with E-state index in [0.29, 0.717) is 24.5 Å². The third kappa shape index (κ3) is 4.95. The average molecular weight is 347 g/mol. The quantitative estimate of drug-likeness (QED) is 0.667. The number of benzene rings is 1. The van der Waals surface area contributed by atoms with E-state index in [-0.39, 0.29) is 17.9 Å². The molecule has 1 amide bonds. The lowest BCUT2D eigenvalue weighted by Crippen LogP contribution is -2.54. The van der Waals surface area contributed by atoms with Crippen molar-refractivity contribution < 1.29 is 19.0 Å². The maximum absolute atomic E-state index is 11.9. The molecule has 0 aromatic heterocycles. The highest BCUT2D eigenvalue weighted by molar-refractivity contribution is 5.85. The van der Waals surface area contributed by atoms with Crippen LogP contribution in [0.5, 0.6) is 5.75 Å². The van der Waals surface area contributed by atoms with Crippen LogP contribution in [0.4, 0.5) is 10.5 Å². The minimum atomic E-state index is -0.522. The van der Waals surface area contributed by atoms with Gasteiger partial charge in [-0.15, -0.1) is 0 Å². The van der Waals surface area contributed by atoms with E-state index in [4.69, 9.17) is 19.6 Å². The lowest BCUT2D eigenvalue weighted by atomic mass is 10.0. The minimum Gasteiger partial charge on any atom is -0.494 e. The monoisotopic (exact) mass is 347 g/mol. The molecule has 0 radical (unpaired) electrons. The molecule has 0 unspecified atom stereocenters. The van der Waals surface area contributed by atoms with Crippen LogP contribution in [0.15, 0.2) is 23.2 Å². The normalized spacial score (nSPS) is 15.0. The number of nitrogens with zero attached hydrogens (tertiary/aromatic N) is 2. The number of carbonyl (C=O) groups is 1. The first-order valence-corrected chi connectivity index (χ1v) is 8.10. The van der Waals surface area contributed by atoms with Crippen molar-refractivity contribution in [3.8, 4) is 5.75 Å². The molecule has 2 rings (SSSR count). The number of likely N-dealkylation sites (tertiary alicyclic amines) is 1. The van der Waals surface area contributed by atoms with E-state index in [0.717, 1.165) is 5.56 Å². The van der Waals surface area contributed by atoms with Crippen LogP contribution in [0.2, 0.25) is 0 Å². The number of methoxy groups -OCH3 is 1. The summed E-state index contributed by atoms with van der Waals surface area (Å²) in [4.78, 5) is 17.6. The molecule has 1 aliphatic heterocycles. The van der Waals surface area contributed by atoms with Gasteiger partial charge in [0.25, 0.3) is 0 Å². The van der Waals surface area contributed by atoms with Crippen molar-refractivity contribution in [1.82, 2.24) is 4.90 Å². The first kappa shape index (κ1) is 18.8. The van der Waals surface area contributed by atoms with Crippen molar-refractivity contribution in [2.24, 2.45) is 10.9 Å². The van der Waals surface area contributed by atoms with Gasteiger partial charge in [0.05, 0.1) is 13.0 Å². The summed E-state index contributed by atoms with van der Waals surface area (Å²) in [7, 11) is 1.59. The third-order valence-corrected chi connectivity index (χ3v) is 3.67. The Balaban J connectivity index is 1.83. The molecule has 1 aromatic rings. The summed E-state index contributed by atoms with van der Waals surface area (Å²) < 4.78 is 15.9. The molecule has 7 nitrogen and oxygen atoms in total. The first-order chi connectivity index (χ1) is 11.7. The van der Waals surface area contributed by atoms with Gasteiger partial charge in [0.2, 0.25) is 0 Å². The largest absolute Gasteiger partial charge is 0.494 e. The summed E-state index contributed by atoms with van der Waals surface area (Å²) >= 11 is 0. The van der Waals surface area contributed by atoms with Crippen LogP contribution < -0.4 is 4.74 Å². The molecular formula is C18H25N3O4. The van der Waals surface area contributed by atoms with Crippen LogP contribution in [0.25, 0.3) is 0 Å². The zero-order valence-electron chi connectivity index (χ0n) is 15.3. The number of aryl methyl sites for hydroxylation is 1. The fourth-order valence-electron chi connectivity index (χ4n) is 2.36. The maximum atomic E-state index is 11.9. The highest BCUT2D eigenvalue weighted by atomic mass is 16.6. The SMILES string of the molecule is COc1c(C)cccc1N=COC(=N)C1CN(C(=O)OC(C)(C)C)C1. The van der Waals surface area contributed by atoms with Gasteiger partial charge >= 0.3 is 6.09 Å².